The highest BCUT2D eigenvalue weighted by molar-refractivity contribution is 5.79. The van der Waals surface area contributed by atoms with Gasteiger partial charge in [0, 0.05) is 25.2 Å². The number of carbonyl (C=O) groups excluding carboxylic acids is 1. The van der Waals surface area contributed by atoms with Crippen molar-refractivity contribution in [3.05, 3.63) is 41.7 Å². The van der Waals surface area contributed by atoms with E-state index in [1.54, 1.807) is 0 Å². The fraction of sp³-hybridized carbons (Fsp3) is 0.609. The lowest BCUT2D eigenvalue weighted by Crippen LogP contribution is -2.51. The fourth-order valence-corrected chi connectivity index (χ4v) is 4.48. The predicted molar refractivity (Wildman–Crippen MR) is 110 cm³/mol. The maximum absolute atomic E-state index is 13.0. The monoisotopic (exact) mass is 385 g/mol. The predicted octanol–water partition coefficient (Wildman–Crippen LogP) is 3.29. The molecule has 0 spiro atoms. The minimum atomic E-state index is -0.191. The zero-order chi connectivity index (χ0) is 19.3. The molecule has 28 heavy (non-hydrogen) atoms. The molecule has 2 heterocycles. The first-order valence-corrected chi connectivity index (χ1v) is 10.9. The third-order valence-corrected chi connectivity index (χ3v) is 6.36. The van der Waals surface area contributed by atoms with Crippen LogP contribution in [0.25, 0.3) is 6.08 Å². The molecule has 1 atom stereocenters. The van der Waals surface area contributed by atoms with Crippen molar-refractivity contribution in [3.8, 4) is 0 Å². The second kappa shape index (κ2) is 9.19. The van der Waals surface area contributed by atoms with E-state index in [1.807, 2.05) is 12.1 Å². The lowest BCUT2D eigenvalue weighted by molar-refractivity contribution is -0.127. The molecule has 1 amide bonds. The van der Waals surface area contributed by atoms with E-state index in [9.17, 15) is 9.18 Å². The molecule has 1 aliphatic carbocycles. The number of rotatable bonds is 6. The van der Waals surface area contributed by atoms with Gasteiger partial charge in [-0.25, -0.2) is 4.39 Å². The smallest absolute Gasteiger partial charge is 0.224 e. The molecule has 0 bridgehead atoms. The van der Waals surface area contributed by atoms with Crippen molar-refractivity contribution in [1.82, 2.24) is 15.1 Å². The third kappa shape index (κ3) is 5.42. The van der Waals surface area contributed by atoms with Crippen molar-refractivity contribution in [1.29, 1.82) is 0 Å². The van der Waals surface area contributed by atoms with E-state index in [0.717, 1.165) is 64.0 Å². The number of benzene rings is 1. The van der Waals surface area contributed by atoms with Crippen LogP contribution in [0, 0.1) is 11.7 Å². The summed E-state index contributed by atoms with van der Waals surface area (Å²) in [5, 5.41) is 3.19. The number of hydrogen-bond donors (Lipinski definition) is 1. The van der Waals surface area contributed by atoms with Gasteiger partial charge >= 0.3 is 0 Å². The molecule has 0 aromatic heterocycles. The first-order valence-electron chi connectivity index (χ1n) is 10.9. The Morgan fingerprint density at radius 1 is 1.07 bits per heavy atom. The van der Waals surface area contributed by atoms with Gasteiger partial charge in [0.15, 0.2) is 0 Å². The standard InChI is InChI=1S/C23H32FN3O/c24-20-7-5-18(6-8-20)3-1-13-26-15-11-22(12-16-26)27-14-2-4-19(17-27)23(28)25-21-9-10-21/h1,3,5-8,19,21-22H,2,4,9-17H2,(H,25,28)/b3-1+/t19-/m0/s1. The fourth-order valence-electron chi connectivity index (χ4n) is 4.48. The van der Waals surface area contributed by atoms with Gasteiger partial charge in [0.05, 0.1) is 5.92 Å². The normalized spacial score (nSPS) is 25.2. The number of piperidine rings is 2. The van der Waals surface area contributed by atoms with Crippen LogP contribution in [0.3, 0.4) is 0 Å². The van der Waals surface area contributed by atoms with Crippen LogP contribution in [-0.2, 0) is 4.79 Å². The van der Waals surface area contributed by atoms with Crippen LogP contribution in [0.4, 0.5) is 4.39 Å². The summed E-state index contributed by atoms with van der Waals surface area (Å²) in [5.41, 5.74) is 1.04. The maximum Gasteiger partial charge on any atom is 0.224 e. The summed E-state index contributed by atoms with van der Waals surface area (Å²) in [4.78, 5) is 17.5. The maximum atomic E-state index is 13.0. The Morgan fingerprint density at radius 3 is 2.54 bits per heavy atom. The van der Waals surface area contributed by atoms with E-state index >= 15 is 0 Å². The zero-order valence-corrected chi connectivity index (χ0v) is 16.7. The van der Waals surface area contributed by atoms with Crippen molar-refractivity contribution in [2.24, 2.45) is 5.92 Å². The number of carbonyl (C=O) groups is 1. The van der Waals surface area contributed by atoms with Crippen LogP contribution in [0.1, 0.15) is 44.1 Å². The van der Waals surface area contributed by atoms with Crippen LogP contribution < -0.4 is 5.32 Å². The van der Waals surface area contributed by atoms with Gasteiger partial charge in [-0.1, -0.05) is 24.3 Å². The number of likely N-dealkylation sites (tertiary alicyclic amines) is 2. The molecule has 4 rings (SSSR count). The Morgan fingerprint density at radius 2 is 1.82 bits per heavy atom. The van der Waals surface area contributed by atoms with E-state index in [1.165, 1.54) is 25.0 Å². The summed E-state index contributed by atoms with van der Waals surface area (Å²) >= 11 is 0. The van der Waals surface area contributed by atoms with Crippen LogP contribution in [0.2, 0.25) is 0 Å². The minimum Gasteiger partial charge on any atom is -0.353 e. The van der Waals surface area contributed by atoms with Crippen LogP contribution in [-0.4, -0.2) is 60.5 Å². The van der Waals surface area contributed by atoms with Crippen LogP contribution in [0.15, 0.2) is 30.3 Å². The molecular formula is C23H32FN3O. The second-order valence-corrected chi connectivity index (χ2v) is 8.60. The topological polar surface area (TPSA) is 35.6 Å². The Balaban J connectivity index is 1.20. The molecule has 1 aromatic carbocycles. The molecule has 4 nitrogen and oxygen atoms in total. The molecule has 2 saturated heterocycles. The number of halogens is 1. The molecule has 1 saturated carbocycles. The van der Waals surface area contributed by atoms with Crippen LogP contribution >= 0.6 is 0 Å². The lowest BCUT2D eigenvalue weighted by Gasteiger charge is -2.41. The van der Waals surface area contributed by atoms with Gasteiger partial charge < -0.3 is 5.32 Å². The van der Waals surface area contributed by atoms with Crippen molar-refractivity contribution in [2.45, 2.75) is 50.6 Å². The second-order valence-electron chi connectivity index (χ2n) is 8.60. The highest BCUT2D eigenvalue weighted by Gasteiger charge is 2.33. The Labute approximate surface area is 167 Å². The third-order valence-electron chi connectivity index (χ3n) is 6.36. The number of hydrogen-bond acceptors (Lipinski definition) is 3. The molecule has 2 aliphatic heterocycles. The quantitative estimate of drug-likeness (QED) is 0.816. The minimum absolute atomic E-state index is 0.186. The lowest BCUT2D eigenvalue weighted by atomic mass is 9.93. The number of amides is 1. The molecule has 3 aliphatic rings. The van der Waals surface area contributed by atoms with E-state index in [-0.39, 0.29) is 17.6 Å². The van der Waals surface area contributed by atoms with Gasteiger partial charge in [0.25, 0.3) is 0 Å². The molecule has 0 radical (unpaired) electrons. The molecule has 152 valence electrons. The van der Waals surface area contributed by atoms with Gasteiger partial charge in [0.2, 0.25) is 5.91 Å². The summed E-state index contributed by atoms with van der Waals surface area (Å²) in [6.45, 7) is 5.23. The van der Waals surface area contributed by atoms with Crippen molar-refractivity contribution in [2.75, 3.05) is 32.7 Å². The summed E-state index contributed by atoms with van der Waals surface area (Å²) < 4.78 is 13.0. The van der Waals surface area contributed by atoms with E-state index in [2.05, 4.69) is 27.3 Å². The zero-order valence-electron chi connectivity index (χ0n) is 16.7. The van der Waals surface area contributed by atoms with Gasteiger partial charge in [-0.05, 0) is 75.9 Å². The Hall–Kier alpha value is -1.72. The average Bonchev–Trinajstić information content (AvgIpc) is 3.54. The summed E-state index contributed by atoms with van der Waals surface area (Å²) in [6.07, 6.45) is 11.1. The SMILES string of the molecule is O=C(NC1CC1)[C@H]1CCCN(C2CCN(C/C=C/c3ccc(F)cc3)CC2)C1. The average molecular weight is 386 g/mol. The van der Waals surface area contributed by atoms with Gasteiger partial charge in [-0.3, -0.25) is 14.6 Å². The Bertz CT molecular complexity index is 678. The van der Waals surface area contributed by atoms with Crippen molar-refractivity contribution >= 4 is 12.0 Å². The van der Waals surface area contributed by atoms with Crippen molar-refractivity contribution in [3.63, 3.8) is 0 Å². The number of nitrogens with zero attached hydrogens (tertiary/aromatic N) is 2. The van der Waals surface area contributed by atoms with E-state index in [0.29, 0.717) is 12.1 Å². The van der Waals surface area contributed by atoms with Gasteiger partial charge in [-0.15, -0.1) is 0 Å². The van der Waals surface area contributed by atoms with E-state index < -0.39 is 0 Å². The first-order chi connectivity index (χ1) is 13.7. The highest BCUT2D eigenvalue weighted by atomic mass is 19.1. The molecule has 3 fully saturated rings. The van der Waals surface area contributed by atoms with Crippen molar-refractivity contribution < 1.29 is 9.18 Å². The highest BCUT2D eigenvalue weighted by Crippen LogP contribution is 2.26. The molecule has 1 aromatic rings. The summed E-state index contributed by atoms with van der Waals surface area (Å²) in [6, 6.07) is 7.71. The number of nitrogens with one attached hydrogen (secondary N) is 1. The summed E-state index contributed by atoms with van der Waals surface area (Å²) in [5.74, 6) is 0.283. The largest absolute Gasteiger partial charge is 0.353 e. The van der Waals surface area contributed by atoms with Gasteiger partial charge in [-0.2, -0.15) is 0 Å². The van der Waals surface area contributed by atoms with Crippen LogP contribution in [0.5, 0.6) is 0 Å². The summed E-state index contributed by atoms with van der Waals surface area (Å²) in [7, 11) is 0. The Kier molecular flexibility index (Phi) is 6.43. The first kappa shape index (κ1) is 19.6. The van der Waals surface area contributed by atoms with Gasteiger partial charge in [0.1, 0.15) is 5.82 Å². The van der Waals surface area contributed by atoms with E-state index in [4.69, 9.17) is 0 Å². The molecule has 0 unspecified atom stereocenters. The molecule has 1 N–H and O–H groups in total. The molecular weight excluding hydrogens is 353 g/mol. The molecule has 5 heteroatoms.